The number of halogens is 3. The summed E-state index contributed by atoms with van der Waals surface area (Å²) in [6, 6.07) is 8.43. The van der Waals surface area contributed by atoms with Crippen molar-refractivity contribution in [2.75, 3.05) is 0 Å². The second-order valence-corrected chi connectivity index (χ2v) is 5.21. The van der Waals surface area contributed by atoms with Crippen LogP contribution in [0.5, 0.6) is 0 Å². The summed E-state index contributed by atoms with van der Waals surface area (Å²) in [4.78, 5) is 8.19. The number of pyridine rings is 1. The predicted octanol–water partition coefficient (Wildman–Crippen LogP) is 4.76. The van der Waals surface area contributed by atoms with Crippen molar-refractivity contribution in [2.45, 2.75) is 0 Å². The lowest BCUT2D eigenvalue weighted by Crippen LogP contribution is -1.83. The molecule has 0 fully saturated rings. The van der Waals surface area contributed by atoms with Gasteiger partial charge in [0.15, 0.2) is 0 Å². The molecular weight excluding hydrogens is 321 g/mol. The van der Waals surface area contributed by atoms with Gasteiger partial charge in [0.25, 0.3) is 5.89 Å². The number of aromatic nitrogens is 3. The number of hydrogen-bond donors (Lipinski definition) is 0. The normalized spacial score (nSPS) is 10.8. The Morgan fingerprint density at radius 2 is 1.65 bits per heavy atom. The largest absolute Gasteiger partial charge is 0.334 e. The maximum atomic E-state index is 5.95. The third-order valence-corrected chi connectivity index (χ3v) is 3.16. The maximum absolute atomic E-state index is 5.95. The van der Waals surface area contributed by atoms with Gasteiger partial charge in [-0.05, 0) is 30.3 Å². The summed E-state index contributed by atoms with van der Waals surface area (Å²) >= 11 is 17.7. The van der Waals surface area contributed by atoms with Crippen molar-refractivity contribution in [3.05, 3.63) is 51.7 Å². The van der Waals surface area contributed by atoms with Crippen LogP contribution in [-0.2, 0) is 0 Å². The lowest BCUT2D eigenvalue weighted by atomic mass is 10.2. The van der Waals surface area contributed by atoms with Crippen LogP contribution >= 0.6 is 34.8 Å². The zero-order valence-electron chi connectivity index (χ0n) is 9.85. The third kappa shape index (κ3) is 2.77. The Bertz CT molecular complexity index is 753. The highest BCUT2D eigenvalue weighted by Crippen LogP contribution is 2.27. The Kier molecular flexibility index (Phi) is 3.61. The first-order valence-electron chi connectivity index (χ1n) is 5.54. The van der Waals surface area contributed by atoms with Gasteiger partial charge in [0.2, 0.25) is 5.82 Å². The van der Waals surface area contributed by atoms with Crippen molar-refractivity contribution >= 4 is 34.8 Å². The highest BCUT2D eigenvalue weighted by molar-refractivity contribution is 6.35. The SMILES string of the molecule is Clc1cc(Cl)cc(-c2noc(-c3ccnc(Cl)c3)n2)c1. The third-order valence-electron chi connectivity index (χ3n) is 2.52. The minimum Gasteiger partial charge on any atom is -0.334 e. The quantitative estimate of drug-likeness (QED) is 0.637. The van der Waals surface area contributed by atoms with E-state index < -0.39 is 0 Å². The molecule has 0 aliphatic rings. The lowest BCUT2D eigenvalue weighted by molar-refractivity contribution is 0.432. The number of hydrogen-bond acceptors (Lipinski definition) is 4. The summed E-state index contributed by atoms with van der Waals surface area (Å²) in [5, 5.41) is 5.27. The van der Waals surface area contributed by atoms with E-state index >= 15 is 0 Å². The van der Waals surface area contributed by atoms with Crippen molar-refractivity contribution in [1.82, 2.24) is 15.1 Å². The van der Waals surface area contributed by atoms with Crippen LogP contribution in [0.1, 0.15) is 0 Å². The molecule has 2 aromatic heterocycles. The fraction of sp³-hybridized carbons (Fsp3) is 0. The zero-order chi connectivity index (χ0) is 14.1. The second kappa shape index (κ2) is 5.40. The summed E-state index contributed by atoms with van der Waals surface area (Å²) in [5.74, 6) is 0.748. The minimum atomic E-state index is 0.348. The van der Waals surface area contributed by atoms with E-state index in [2.05, 4.69) is 15.1 Å². The predicted molar refractivity (Wildman–Crippen MR) is 78.0 cm³/mol. The summed E-state index contributed by atoms with van der Waals surface area (Å²) in [5.41, 5.74) is 1.37. The monoisotopic (exact) mass is 325 g/mol. The second-order valence-electron chi connectivity index (χ2n) is 3.95. The topological polar surface area (TPSA) is 51.8 Å². The molecule has 3 rings (SSSR count). The molecule has 20 heavy (non-hydrogen) atoms. The molecule has 3 aromatic rings. The first kappa shape index (κ1) is 13.4. The Morgan fingerprint density at radius 3 is 2.35 bits per heavy atom. The highest BCUT2D eigenvalue weighted by Gasteiger charge is 2.12. The summed E-state index contributed by atoms with van der Waals surface area (Å²) < 4.78 is 5.21. The van der Waals surface area contributed by atoms with E-state index in [0.29, 0.717) is 38.0 Å². The van der Waals surface area contributed by atoms with Crippen LogP contribution in [0.3, 0.4) is 0 Å². The molecular formula is C13H6Cl3N3O. The summed E-state index contributed by atoms with van der Waals surface area (Å²) in [7, 11) is 0. The molecule has 0 amide bonds. The first-order valence-corrected chi connectivity index (χ1v) is 6.67. The molecule has 0 bridgehead atoms. The van der Waals surface area contributed by atoms with Crippen molar-refractivity contribution in [3.8, 4) is 22.8 Å². The van der Waals surface area contributed by atoms with Crippen LogP contribution in [0.4, 0.5) is 0 Å². The average molecular weight is 327 g/mol. The highest BCUT2D eigenvalue weighted by atomic mass is 35.5. The molecule has 0 N–H and O–H groups in total. The van der Waals surface area contributed by atoms with E-state index in [-0.39, 0.29) is 0 Å². The van der Waals surface area contributed by atoms with Crippen molar-refractivity contribution in [1.29, 1.82) is 0 Å². The Hall–Kier alpha value is -1.62. The van der Waals surface area contributed by atoms with Crippen LogP contribution in [-0.4, -0.2) is 15.1 Å². The molecule has 0 spiro atoms. The van der Waals surface area contributed by atoms with Crippen LogP contribution < -0.4 is 0 Å². The molecule has 1 aromatic carbocycles. The van der Waals surface area contributed by atoms with Crippen LogP contribution in [0.2, 0.25) is 15.2 Å². The van der Waals surface area contributed by atoms with E-state index in [9.17, 15) is 0 Å². The molecule has 7 heteroatoms. The van der Waals surface area contributed by atoms with Crippen molar-refractivity contribution < 1.29 is 4.52 Å². The van der Waals surface area contributed by atoms with Gasteiger partial charge in [0.1, 0.15) is 5.15 Å². The Balaban J connectivity index is 2.02. The van der Waals surface area contributed by atoms with E-state index in [0.717, 1.165) is 0 Å². The molecule has 0 atom stereocenters. The van der Waals surface area contributed by atoms with Crippen LogP contribution in [0.25, 0.3) is 22.8 Å². The van der Waals surface area contributed by atoms with Gasteiger partial charge >= 0.3 is 0 Å². The van der Waals surface area contributed by atoms with E-state index in [1.807, 2.05) is 0 Å². The van der Waals surface area contributed by atoms with Gasteiger partial charge in [-0.3, -0.25) is 0 Å². The maximum Gasteiger partial charge on any atom is 0.258 e. The fourth-order valence-electron chi connectivity index (χ4n) is 1.68. The smallest absolute Gasteiger partial charge is 0.258 e. The van der Waals surface area contributed by atoms with Gasteiger partial charge in [-0.15, -0.1) is 0 Å². The van der Waals surface area contributed by atoms with Gasteiger partial charge in [0, 0.05) is 27.4 Å². The van der Waals surface area contributed by atoms with Gasteiger partial charge in [-0.25, -0.2) is 4.98 Å². The molecule has 4 nitrogen and oxygen atoms in total. The molecule has 0 unspecified atom stereocenters. The molecule has 2 heterocycles. The van der Waals surface area contributed by atoms with Crippen molar-refractivity contribution in [2.24, 2.45) is 0 Å². The zero-order valence-corrected chi connectivity index (χ0v) is 12.1. The molecule has 0 saturated carbocycles. The van der Waals surface area contributed by atoms with Crippen LogP contribution in [0.15, 0.2) is 41.1 Å². The Labute approximate surface area is 129 Å². The van der Waals surface area contributed by atoms with Gasteiger partial charge < -0.3 is 4.52 Å². The number of benzene rings is 1. The van der Waals surface area contributed by atoms with Gasteiger partial charge in [-0.2, -0.15) is 4.98 Å². The molecule has 0 aliphatic heterocycles. The fourth-order valence-corrected chi connectivity index (χ4v) is 2.38. The minimum absolute atomic E-state index is 0.348. The van der Waals surface area contributed by atoms with Crippen LogP contribution in [0, 0.1) is 0 Å². The number of rotatable bonds is 2. The van der Waals surface area contributed by atoms with Crippen molar-refractivity contribution in [3.63, 3.8) is 0 Å². The van der Waals surface area contributed by atoms with Gasteiger partial charge in [0.05, 0.1) is 0 Å². The van der Waals surface area contributed by atoms with E-state index in [1.54, 1.807) is 36.5 Å². The molecule has 0 saturated heterocycles. The number of nitrogens with zero attached hydrogens (tertiary/aromatic N) is 3. The average Bonchev–Trinajstić information content (AvgIpc) is 2.87. The Morgan fingerprint density at radius 1 is 0.900 bits per heavy atom. The van der Waals surface area contributed by atoms with E-state index in [1.165, 1.54) is 0 Å². The molecule has 0 aliphatic carbocycles. The van der Waals surface area contributed by atoms with E-state index in [4.69, 9.17) is 39.3 Å². The van der Waals surface area contributed by atoms with Gasteiger partial charge in [-0.1, -0.05) is 40.0 Å². The molecule has 100 valence electrons. The summed E-state index contributed by atoms with van der Waals surface area (Å²) in [6.07, 6.45) is 1.57. The first-order chi connectivity index (χ1) is 9.61. The lowest BCUT2D eigenvalue weighted by Gasteiger charge is -1.97. The standard InChI is InChI=1S/C13H6Cl3N3O/c14-9-3-8(4-10(15)6-9)12-18-13(20-19-12)7-1-2-17-11(16)5-7/h1-6H. The summed E-state index contributed by atoms with van der Waals surface area (Å²) in [6.45, 7) is 0. The molecule has 0 radical (unpaired) electrons.